The summed E-state index contributed by atoms with van der Waals surface area (Å²) in [7, 11) is 0. The molecule has 0 amide bonds. The van der Waals surface area contributed by atoms with Crippen LogP contribution in [0.2, 0.25) is 0 Å². The molecule has 0 fully saturated rings. The van der Waals surface area contributed by atoms with Crippen LogP contribution in [0.1, 0.15) is 5.56 Å². The lowest BCUT2D eigenvalue weighted by Crippen LogP contribution is -1.70. The number of hydrogen-bond donors (Lipinski definition) is 0. The van der Waals surface area contributed by atoms with E-state index in [1.807, 2.05) is 12.1 Å². The first-order valence-corrected chi connectivity index (χ1v) is 4.22. The Balaban J connectivity index is 2.92. The maximum absolute atomic E-state index is 5.33. The van der Waals surface area contributed by atoms with E-state index in [2.05, 4.69) is 23.4 Å². The Morgan fingerprint density at radius 1 is 1.27 bits per heavy atom. The summed E-state index contributed by atoms with van der Waals surface area (Å²) in [4.78, 5) is 0. The summed E-state index contributed by atoms with van der Waals surface area (Å²) in [6.07, 6.45) is 5.33. The van der Waals surface area contributed by atoms with E-state index < -0.39 is 0 Å². The van der Waals surface area contributed by atoms with Crippen molar-refractivity contribution in [2.24, 2.45) is 0 Å². The predicted octanol–water partition coefficient (Wildman–Crippen LogP) is 2.88. The van der Waals surface area contributed by atoms with Gasteiger partial charge in [-0.05, 0) is 22.9 Å². The Labute approximate surface area is 69.5 Å². The molecule has 0 saturated carbocycles. The SMILES string of the molecule is C#Cc1cccc2ccsc12. The van der Waals surface area contributed by atoms with E-state index in [4.69, 9.17) is 6.42 Å². The Hall–Kier alpha value is -1.26. The van der Waals surface area contributed by atoms with Crippen molar-refractivity contribution in [1.29, 1.82) is 0 Å². The van der Waals surface area contributed by atoms with Gasteiger partial charge in [0, 0.05) is 10.3 Å². The summed E-state index contributed by atoms with van der Waals surface area (Å²) < 4.78 is 1.22. The number of thiophene rings is 1. The lowest BCUT2D eigenvalue weighted by atomic mass is 10.2. The highest BCUT2D eigenvalue weighted by molar-refractivity contribution is 7.17. The van der Waals surface area contributed by atoms with Crippen LogP contribution in [0.3, 0.4) is 0 Å². The van der Waals surface area contributed by atoms with Crippen molar-refractivity contribution in [3.63, 3.8) is 0 Å². The minimum atomic E-state index is 0.998. The number of hydrogen-bond acceptors (Lipinski definition) is 1. The van der Waals surface area contributed by atoms with E-state index in [1.165, 1.54) is 10.1 Å². The largest absolute Gasteiger partial charge is 0.143 e. The average molecular weight is 158 g/mol. The molecule has 0 bridgehead atoms. The lowest BCUT2D eigenvalue weighted by molar-refractivity contribution is 1.79. The lowest BCUT2D eigenvalue weighted by Gasteiger charge is -1.91. The third kappa shape index (κ3) is 0.923. The van der Waals surface area contributed by atoms with Crippen molar-refractivity contribution in [1.82, 2.24) is 0 Å². The third-order valence-corrected chi connectivity index (χ3v) is 2.60. The molecular weight excluding hydrogens is 152 g/mol. The highest BCUT2D eigenvalue weighted by Crippen LogP contribution is 2.23. The quantitative estimate of drug-likeness (QED) is 0.517. The van der Waals surface area contributed by atoms with Crippen molar-refractivity contribution in [3.8, 4) is 12.3 Å². The molecule has 1 aromatic carbocycles. The van der Waals surface area contributed by atoms with Crippen LogP contribution in [0.15, 0.2) is 29.6 Å². The summed E-state index contributed by atoms with van der Waals surface area (Å²) in [5.41, 5.74) is 0.998. The molecule has 1 aromatic heterocycles. The molecule has 0 aliphatic rings. The van der Waals surface area contributed by atoms with Gasteiger partial charge >= 0.3 is 0 Å². The average Bonchev–Trinajstić information content (AvgIpc) is 2.50. The van der Waals surface area contributed by atoms with Gasteiger partial charge in [0.1, 0.15) is 0 Å². The second-order valence-corrected chi connectivity index (χ2v) is 3.20. The molecule has 1 heteroatoms. The molecule has 0 spiro atoms. The van der Waals surface area contributed by atoms with E-state index in [0.717, 1.165) is 5.56 Å². The van der Waals surface area contributed by atoms with Gasteiger partial charge in [0.15, 0.2) is 0 Å². The van der Waals surface area contributed by atoms with Gasteiger partial charge in [0.25, 0.3) is 0 Å². The van der Waals surface area contributed by atoms with Crippen LogP contribution in [-0.4, -0.2) is 0 Å². The van der Waals surface area contributed by atoms with Gasteiger partial charge in [-0.25, -0.2) is 0 Å². The van der Waals surface area contributed by atoms with E-state index in [0.29, 0.717) is 0 Å². The van der Waals surface area contributed by atoms with Gasteiger partial charge < -0.3 is 0 Å². The molecule has 11 heavy (non-hydrogen) atoms. The fourth-order valence-electron chi connectivity index (χ4n) is 1.11. The molecule has 52 valence electrons. The molecule has 0 atom stereocenters. The fourth-order valence-corrected chi connectivity index (χ4v) is 1.98. The van der Waals surface area contributed by atoms with Crippen LogP contribution >= 0.6 is 11.3 Å². The monoisotopic (exact) mass is 158 g/mol. The van der Waals surface area contributed by atoms with Crippen LogP contribution < -0.4 is 0 Å². The van der Waals surface area contributed by atoms with Crippen molar-refractivity contribution in [2.75, 3.05) is 0 Å². The summed E-state index contributed by atoms with van der Waals surface area (Å²) in [6, 6.07) is 8.12. The van der Waals surface area contributed by atoms with E-state index in [-0.39, 0.29) is 0 Å². The highest BCUT2D eigenvalue weighted by Gasteiger charge is 1.96. The van der Waals surface area contributed by atoms with Gasteiger partial charge in [-0.1, -0.05) is 18.1 Å². The van der Waals surface area contributed by atoms with Crippen molar-refractivity contribution in [2.45, 2.75) is 0 Å². The molecule has 0 saturated heterocycles. The molecular formula is C10H6S. The maximum atomic E-state index is 5.33. The van der Waals surface area contributed by atoms with Crippen LogP contribution in [0, 0.1) is 12.3 Å². The number of rotatable bonds is 0. The minimum absolute atomic E-state index is 0.998. The summed E-state index contributed by atoms with van der Waals surface area (Å²) >= 11 is 1.70. The second kappa shape index (κ2) is 2.41. The Morgan fingerprint density at radius 3 is 3.00 bits per heavy atom. The van der Waals surface area contributed by atoms with Crippen LogP contribution in [0.25, 0.3) is 10.1 Å². The number of terminal acetylenes is 1. The van der Waals surface area contributed by atoms with Gasteiger partial charge in [-0.15, -0.1) is 17.8 Å². The molecule has 2 rings (SSSR count). The zero-order valence-corrected chi connectivity index (χ0v) is 6.69. The standard InChI is InChI=1S/C10H6S/c1-2-8-4-3-5-9-6-7-11-10(8)9/h1,3-7H. The molecule has 0 N–H and O–H groups in total. The Bertz CT molecular complexity index is 418. The normalized spacial score (nSPS) is 9.73. The van der Waals surface area contributed by atoms with Crippen LogP contribution in [0.5, 0.6) is 0 Å². The first-order valence-electron chi connectivity index (χ1n) is 3.34. The summed E-state index contributed by atoms with van der Waals surface area (Å²) in [6.45, 7) is 0. The highest BCUT2D eigenvalue weighted by atomic mass is 32.1. The Kier molecular flexibility index (Phi) is 1.41. The van der Waals surface area contributed by atoms with Gasteiger partial charge in [0.05, 0.1) is 0 Å². The number of fused-ring (bicyclic) bond motifs is 1. The number of benzene rings is 1. The zero-order chi connectivity index (χ0) is 7.68. The van der Waals surface area contributed by atoms with E-state index >= 15 is 0 Å². The van der Waals surface area contributed by atoms with Crippen molar-refractivity contribution < 1.29 is 0 Å². The smallest absolute Gasteiger partial charge is 0.0499 e. The van der Waals surface area contributed by atoms with Crippen LogP contribution in [0.4, 0.5) is 0 Å². The molecule has 0 radical (unpaired) electrons. The summed E-state index contributed by atoms with van der Waals surface area (Å²) in [5, 5.41) is 3.30. The first-order chi connectivity index (χ1) is 5.42. The Morgan fingerprint density at radius 2 is 2.18 bits per heavy atom. The summed E-state index contributed by atoms with van der Waals surface area (Å²) in [5.74, 6) is 2.67. The third-order valence-electron chi connectivity index (χ3n) is 1.63. The van der Waals surface area contributed by atoms with Crippen molar-refractivity contribution in [3.05, 3.63) is 35.2 Å². The van der Waals surface area contributed by atoms with Gasteiger partial charge in [-0.2, -0.15) is 0 Å². The molecule has 0 nitrogen and oxygen atoms in total. The first kappa shape index (κ1) is 6.45. The van der Waals surface area contributed by atoms with Gasteiger partial charge in [-0.3, -0.25) is 0 Å². The topological polar surface area (TPSA) is 0 Å². The van der Waals surface area contributed by atoms with Crippen molar-refractivity contribution >= 4 is 21.4 Å². The second-order valence-electron chi connectivity index (χ2n) is 2.29. The van der Waals surface area contributed by atoms with E-state index in [1.54, 1.807) is 11.3 Å². The molecule has 2 aromatic rings. The predicted molar refractivity (Wildman–Crippen MR) is 49.8 cm³/mol. The molecule has 0 aliphatic heterocycles. The maximum Gasteiger partial charge on any atom is 0.0499 e. The fraction of sp³-hybridized carbons (Fsp3) is 0. The molecule has 0 aliphatic carbocycles. The minimum Gasteiger partial charge on any atom is -0.143 e. The molecule has 1 heterocycles. The van der Waals surface area contributed by atoms with Gasteiger partial charge in [0.2, 0.25) is 0 Å². The van der Waals surface area contributed by atoms with E-state index in [9.17, 15) is 0 Å². The van der Waals surface area contributed by atoms with Crippen LogP contribution in [-0.2, 0) is 0 Å². The zero-order valence-electron chi connectivity index (χ0n) is 5.87. The molecule has 0 unspecified atom stereocenters.